The Morgan fingerprint density at radius 2 is 2.00 bits per heavy atom. The Morgan fingerprint density at radius 1 is 1.25 bits per heavy atom. The Balaban J connectivity index is 0.00000208. The SMILES string of the molecule is CCN(CC)c1nc2sc(-c3nc(CC(C)NC)no3)cc2s1.Cl. The lowest BCUT2D eigenvalue weighted by Crippen LogP contribution is -2.24. The fourth-order valence-electron chi connectivity index (χ4n) is 2.27. The molecular weight excluding hydrogens is 366 g/mol. The van der Waals surface area contributed by atoms with E-state index in [1.807, 2.05) is 7.05 Å². The lowest BCUT2D eigenvalue weighted by Gasteiger charge is -2.16. The van der Waals surface area contributed by atoms with Gasteiger partial charge in [0, 0.05) is 25.6 Å². The fourth-order valence-corrected chi connectivity index (χ4v) is 4.53. The molecule has 0 aromatic carbocycles. The van der Waals surface area contributed by atoms with Crippen molar-refractivity contribution >= 4 is 49.7 Å². The highest BCUT2D eigenvalue weighted by atomic mass is 35.5. The number of rotatable bonds is 7. The molecule has 1 unspecified atom stereocenters. The van der Waals surface area contributed by atoms with Crippen LogP contribution in [-0.2, 0) is 6.42 Å². The van der Waals surface area contributed by atoms with Crippen molar-refractivity contribution in [2.75, 3.05) is 25.0 Å². The van der Waals surface area contributed by atoms with Crippen LogP contribution in [0.4, 0.5) is 5.13 Å². The summed E-state index contributed by atoms with van der Waals surface area (Å²) in [7, 11) is 1.93. The van der Waals surface area contributed by atoms with Crippen LogP contribution in [-0.4, -0.2) is 41.3 Å². The van der Waals surface area contributed by atoms with Crippen molar-refractivity contribution in [2.24, 2.45) is 0 Å². The zero-order valence-electron chi connectivity index (χ0n) is 14.2. The molecule has 0 saturated carbocycles. The number of halogens is 1. The molecule has 0 bridgehead atoms. The number of fused-ring (bicyclic) bond motifs is 1. The molecule has 3 rings (SSSR count). The van der Waals surface area contributed by atoms with Crippen molar-refractivity contribution in [3.63, 3.8) is 0 Å². The van der Waals surface area contributed by atoms with Gasteiger partial charge in [0.25, 0.3) is 5.89 Å². The first-order valence-electron chi connectivity index (χ1n) is 7.80. The number of likely N-dealkylation sites (N-methyl/N-ethyl adjacent to an activating group) is 1. The molecule has 1 atom stereocenters. The summed E-state index contributed by atoms with van der Waals surface area (Å²) < 4.78 is 6.58. The molecule has 3 aromatic rings. The molecule has 0 aliphatic rings. The van der Waals surface area contributed by atoms with E-state index in [1.165, 1.54) is 4.70 Å². The molecule has 9 heteroatoms. The van der Waals surface area contributed by atoms with Crippen LogP contribution in [0.1, 0.15) is 26.6 Å². The quantitative estimate of drug-likeness (QED) is 0.664. The minimum absolute atomic E-state index is 0. The smallest absolute Gasteiger partial charge is 0.268 e. The fraction of sp³-hybridized carbons (Fsp3) is 0.533. The number of hydrogen-bond acceptors (Lipinski definition) is 8. The number of nitrogens with zero attached hydrogens (tertiary/aromatic N) is 4. The maximum absolute atomic E-state index is 5.40. The third kappa shape index (κ3) is 3.88. The molecule has 6 nitrogen and oxygen atoms in total. The lowest BCUT2D eigenvalue weighted by molar-refractivity contribution is 0.419. The zero-order valence-corrected chi connectivity index (χ0v) is 16.6. The van der Waals surface area contributed by atoms with Gasteiger partial charge in [-0.3, -0.25) is 0 Å². The Morgan fingerprint density at radius 3 is 2.62 bits per heavy atom. The summed E-state index contributed by atoms with van der Waals surface area (Å²) in [6, 6.07) is 2.43. The second-order valence-electron chi connectivity index (χ2n) is 5.36. The summed E-state index contributed by atoms with van der Waals surface area (Å²) in [6.45, 7) is 8.34. The third-order valence-electron chi connectivity index (χ3n) is 3.77. The van der Waals surface area contributed by atoms with Crippen LogP contribution < -0.4 is 10.2 Å². The molecule has 24 heavy (non-hydrogen) atoms. The number of hydrogen-bond donors (Lipinski definition) is 1. The van der Waals surface area contributed by atoms with Gasteiger partial charge >= 0.3 is 0 Å². The van der Waals surface area contributed by atoms with Crippen molar-refractivity contribution < 1.29 is 4.52 Å². The maximum atomic E-state index is 5.40. The van der Waals surface area contributed by atoms with E-state index in [2.05, 4.69) is 47.2 Å². The Kier molecular flexibility index (Phi) is 6.56. The highest BCUT2D eigenvalue weighted by Crippen LogP contribution is 2.38. The molecule has 0 radical (unpaired) electrons. The number of nitrogens with one attached hydrogen (secondary N) is 1. The maximum Gasteiger partial charge on any atom is 0.268 e. The monoisotopic (exact) mass is 387 g/mol. The first-order chi connectivity index (χ1) is 11.1. The van der Waals surface area contributed by atoms with Crippen LogP contribution in [0, 0.1) is 0 Å². The number of thiophene rings is 1. The summed E-state index contributed by atoms with van der Waals surface area (Å²) in [5.41, 5.74) is 0. The molecule has 0 aliphatic heterocycles. The minimum Gasteiger partial charge on any atom is -0.349 e. The molecule has 0 aliphatic carbocycles. The molecule has 0 fully saturated rings. The van der Waals surface area contributed by atoms with Gasteiger partial charge in [0.2, 0.25) is 0 Å². The number of aromatic nitrogens is 3. The summed E-state index contributed by atoms with van der Waals surface area (Å²) >= 11 is 3.32. The highest BCUT2D eigenvalue weighted by molar-refractivity contribution is 7.30. The molecule has 0 amide bonds. The summed E-state index contributed by atoms with van der Waals surface area (Å²) in [4.78, 5) is 13.5. The van der Waals surface area contributed by atoms with E-state index >= 15 is 0 Å². The normalized spacial score (nSPS) is 12.3. The van der Waals surface area contributed by atoms with Crippen molar-refractivity contribution in [1.82, 2.24) is 20.4 Å². The number of thiazole rings is 1. The molecule has 132 valence electrons. The van der Waals surface area contributed by atoms with Crippen LogP contribution in [0.25, 0.3) is 20.3 Å². The lowest BCUT2D eigenvalue weighted by atomic mass is 10.2. The van der Waals surface area contributed by atoms with Gasteiger partial charge in [-0.1, -0.05) is 16.5 Å². The first-order valence-corrected chi connectivity index (χ1v) is 9.43. The average Bonchev–Trinajstić information content (AvgIpc) is 3.22. The third-order valence-corrected chi connectivity index (χ3v) is 5.98. The van der Waals surface area contributed by atoms with Crippen molar-refractivity contribution in [1.29, 1.82) is 0 Å². The second-order valence-corrected chi connectivity index (χ2v) is 7.40. The van der Waals surface area contributed by atoms with Gasteiger partial charge in [-0.2, -0.15) is 4.98 Å². The van der Waals surface area contributed by atoms with E-state index in [4.69, 9.17) is 9.51 Å². The van der Waals surface area contributed by atoms with E-state index in [0.717, 1.165) is 40.2 Å². The van der Waals surface area contributed by atoms with Gasteiger partial charge in [0.05, 0.1) is 9.58 Å². The molecule has 0 spiro atoms. The van der Waals surface area contributed by atoms with E-state index < -0.39 is 0 Å². The number of anilines is 1. The topological polar surface area (TPSA) is 67.1 Å². The largest absolute Gasteiger partial charge is 0.349 e. The summed E-state index contributed by atoms with van der Waals surface area (Å²) in [5, 5.41) is 8.32. The van der Waals surface area contributed by atoms with E-state index in [9.17, 15) is 0 Å². The molecular formula is C15H22ClN5OS2. The minimum atomic E-state index is 0. The summed E-state index contributed by atoms with van der Waals surface area (Å²) in [6.07, 6.45) is 0.754. The van der Waals surface area contributed by atoms with E-state index in [1.54, 1.807) is 22.7 Å². The molecule has 3 heterocycles. The van der Waals surface area contributed by atoms with Gasteiger partial charge in [-0.15, -0.1) is 23.7 Å². The van der Waals surface area contributed by atoms with Crippen molar-refractivity contribution in [3.05, 3.63) is 11.9 Å². The van der Waals surface area contributed by atoms with E-state index in [0.29, 0.717) is 11.9 Å². The molecule has 0 saturated heterocycles. The van der Waals surface area contributed by atoms with Crippen LogP contribution >= 0.6 is 35.1 Å². The van der Waals surface area contributed by atoms with Gasteiger partial charge in [-0.05, 0) is 33.9 Å². The molecule has 1 N–H and O–H groups in total. The predicted octanol–water partition coefficient (Wildman–Crippen LogP) is 3.83. The van der Waals surface area contributed by atoms with Crippen LogP contribution in [0.2, 0.25) is 0 Å². The van der Waals surface area contributed by atoms with Gasteiger partial charge in [-0.25, -0.2) is 4.98 Å². The van der Waals surface area contributed by atoms with Crippen LogP contribution in [0.3, 0.4) is 0 Å². The standard InChI is InChI=1S/C15H21N5OS2.ClH/c1-5-20(6-2)15-18-14-11(23-15)8-10(22-14)13-17-12(19-21-13)7-9(3)16-4;/h8-9,16H,5-7H2,1-4H3;1H. The average molecular weight is 388 g/mol. The van der Waals surface area contributed by atoms with Gasteiger partial charge in [0.15, 0.2) is 11.0 Å². The van der Waals surface area contributed by atoms with E-state index in [-0.39, 0.29) is 12.4 Å². The second kappa shape index (κ2) is 8.24. The zero-order chi connectivity index (χ0) is 16.4. The predicted molar refractivity (Wildman–Crippen MR) is 104 cm³/mol. The first kappa shape index (κ1) is 19.1. The Labute approximate surface area is 155 Å². The van der Waals surface area contributed by atoms with Crippen molar-refractivity contribution in [3.8, 4) is 10.8 Å². The Bertz CT molecular complexity index is 748. The molecule has 3 aromatic heterocycles. The van der Waals surface area contributed by atoms with Crippen molar-refractivity contribution in [2.45, 2.75) is 33.2 Å². The Hall–Kier alpha value is -1.22. The highest BCUT2D eigenvalue weighted by Gasteiger charge is 2.17. The van der Waals surface area contributed by atoms with Crippen LogP contribution in [0.15, 0.2) is 10.6 Å². The van der Waals surface area contributed by atoms with Gasteiger partial charge in [0.1, 0.15) is 4.83 Å². The summed E-state index contributed by atoms with van der Waals surface area (Å²) in [5.74, 6) is 1.32. The van der Waals surface area contributed by atoms with Crippen LogP contribution in [0.5, 0.6) is 0 Å². The van der Waals surface area contributed by atoms with Gasteiger partial charge < -0.3 is 14.7 Å².